The molecule has 3 aliphatic rings. The highest BCUT2D eigenvalue weighted by Gasteiger charge is 2.80. The summed E-state index contributed by atoms with van der Waals surface area (Å²) in [5, 5.41) is 39.4. The van der Waals surface area contributed by atoms with E-state index in [1.54, 1.807) is 0 Å². The van der Waals surface area contributed by atoms with E-state index in [0.717, 1.165) is 32.1 Å². The van der Waals surface area contributed by atoms with Crippen molar-refractivity contribution in [2.45, 2.75) is 116 Å². The number of unbranched alkanes of at least 4 members (excludes halogenated alkanes) is 8. The molecular formula is C26H38N4O2. The van der Waals surface area contributed by atoms with Gasteiger partial charge in [0.05, 0.1) is 30.2 Å². The van der Waals surface area contributed by atoms with E-state index in [0.29, 0.717) is 25.2 Å². The van der Waals surface area contributed by atoms with E-state index in [4.69, 9.17) is 14.9 Å². The molecule has 1 N–H and O–H groups in total. The molecule has 1 saturated carbocycles. The van der Waals surface area contributed by atoms with Crippen molar-refractivity contribution in [1.29, 1.82) is 21.2 Å². The van der Waals surface area contributed by atoms with E-state index < -0.39 is 28.6 Å². The van der Waals surface area contributed by atoms with E-state index in [2.05, 4.69) is 32.1 Å². The Labute approximate surface area is 193 Å². The molecule has 0 amide bonds. The summed E-state index contributed by atoms with van der Waals surface area (Å²) in [6.45, 7) is 4.34. The number of nitrogens with zero attached hydrogens (tertiary/aromatic N) is 3. The molecule has 2 aliphatic heterocycles. The second-order valence-corrected chi connectivity index (χ2v) is 10.0. The molecule has 0 radical (unpaired) electrons. The first-order valence-corrected chi connectivity index (χ1v) is 12.7. The highest BCUT2D eigenvalue weighted by molar-refractivity contribution is 5.89. The molecule has 6 heteroatoms. The fourth-order valence-electron chi connectivity index (χ4n) is 6.30. The summed E-state index contributed by atoms with van der Waals surface area (Å²) in [4.78, 5) is 0. The van der Waals surface area contributed by atoms with Crippen LogP contribution in [0.3, 0.4) is 0 Å². The fourth-order valence-corrected chi connectivity index (χ4v) is 6.30. The molecule has 0 aromatic heterocycles. The van der Waals surface area contributed by atoms with Gasteiger partial charge in [0, 0.05) is 6.42 Å². The van der Waals surface area contributed by atoms with Crippen LogP contribution in [0.1, 0.15) is 104 Å². The minimum absolute atomic E-state index is 0.237. The predicted octanol–water partition coefficient (Wildman–Crippen LogP) is 6.38. The monoisotopic (exact) mass is 438 g/mol. The number of hydrogen-bond donors (Lipinski definition) is 1. The third-order valence-electron chi connectivity index (χ3n) is 8.28. The molecular weight excluding hydrogens is 400 g/mol. The van der Waals surface area contributed by atoms with E-state index in [1.165, 1.54) is 38.5 Å². The minimum Gasteiger partial charge on any atom is -0.447 e. The van der Waals surface area contributed by atoms with Crippen LogP contribution in [0.2, 0.25) is 0 Å². The second kappa shape index (κ2) is 10.2. The quantitative estimate of drug-likeness (QED) is 0.376. The van der Waals surface area contributed by atoms with Gasteiger partial charge in [0.15, 0.2) is 10.8 Å². The maximum atomic E-state index is 10.4. The average molecular weight is 439 g/mol. The summed E-state index contributed by atoms with van der Waals surface area (Å²) in [6.07, 6.45) is 13.6. The molecule has 0 aromatic rings. The highest BCUT2D eigenvalue weighted by Crippen LogP contribution is 2.67. The number of nitrogens with one attached hydrogen (secondary N) is 1. The summed E-state index contributed by atoms with van der Waals surface area (Å²) >= 11 is 0. The topological polar surface area (TPSA) is 114 Å². The van der Waals surface area contributed by atoms with Crippen LogP contribution < -0.4 is 0 Å². The Hall–Kier alpha value is -2.10. The molecule has 2 bridgehead atoms. The Bertz CT molecular complexity index is 792. The number of ether oxygens (including phenoxy) is 2. The molecule has 5 unspecified atom stereocenters. The van der Waals surface area contributed by atoms with Crippen molar-refractivity contribution in [3.8, 4) is 18.2 Å². The summed E-state index contributed by atoms with van der Waals surface area (Å²) in [6, 6.07) is 6.64. The van der Waals surface area contributed by atoms with Gasteiger partial charge in [-0.15, -0.1) is 0 Å². The van der Waals surface area contributed by atoms with Gasteiger partial charge in [0.2, 0.25) is 11.7 Å². The Morgan fingerprint density at radius 3 is 2.12 bits per heavy atom. The van der Waals surface area contributed by atoms with E-state index in [9.17, 15) is 15.8 Å². The van der Waals surface area contributed by atoms with Crippen molar-refractivity contribution in [2.24, 2.45) is 22.7 Å². The Kier molecular flexibility index (Phi) is 7.84. The van der Waals surface area contributed by atoms with E-state index in [-0.39, 0.29) is 5.90 Å². The third-order valence-corrected chi connectivity index (χ3v) is 8.28. The zero-order chi connectivity index (χ0) is 23.2. The number of rotatable bonds is 11. The normalized spacial score (nSPS) is 34.6. The molecule has 1 aliphatic carbocycles. The SMILES string of the molecule is CCCCCCCCCCCC1OC23CCC(CC)CC2C(C#N)(C(=N)O3)C1(C#N)C#N. The molecule has 174 valence electrons. The first kappa shape index (κ1) is 24.5. The molecule has 5 atom stereocenters. The van der Waals surface area contributed by atoms with Gasteiger partial charge in [-0.05, 0) is 25.2 Å². The molecule has 2 heterocycles. The van der Waals surface area contributed by atoms with Crippen LogP contribution in [-0.2, 0) is 9.47 Å². The van der Waals surface area contributed by atoms with Crippen LogP contribution in [0, 0.1) is 62.1 Å². The van der Waals surface area contributed by atoms with Crippen LogP contribution >= 0.6 is 0 Å². The van der Waals surface area contributed by atoms with Gasteiger partial charge in [-0.25, -0.2) is 0 Å². The molecule has 3 rings (SSSR count). The maximum absolute atomic E-state index is 10.4. The van der Waals surface area contributed by atoms with Gasteiger partial charge in [0.25, 0.3) is 0 Å². The zero-order valence-electron chi connectivity index (χ0n) is 19.8. The average Bonchev–Trinajstić information content (AvgIpc) is 3.01. The lowest BCUT2D eigenvalue weighted by Crippen LogP contribution is -2.64. The van der Waals surface area contributed by atoms with Crippen LogP contribution in [0.4, 0.5) is 0 Å². The largest absolute Gasteiger partial charge is 0.447 e. The lowest BCUT2D eigenvalue weighted by molar-refractivity contribution is -0.297. The van der Waals surface area contributed by atoms with Crippen molar-refractivity contribution in [1.82, 2.24) is 0 Å². The molecule has 32 heavy (non-hydrogen) atoms. The molecule has 0 aromatic carbocycles. The van der Waals surface area contributed by atoms with Gasteiger partial charge in [0.1, 0.15) is 0 Å². The van der Waals surface area contributed by atoms with E-state index in [1.807, 2.05) is 0 Å². The van der Waals surface area contributed by atoms with Crippen molar-refractivity contribution in [3.05, 3.63) is 0 Å². The van der Waals surface area contributed by atoms with Crippen molar-refractivity contribution < 1.29 is 9.47 Å². The van der Waals surface area contributed by atoms with Gasteiger partial charge in [-0.2, -0.15) is 15.8 Å². The highest BCUT2D eigenvalue weighted by atomic mass is 16.7. The Morgan fingerprint density at radius 1 is 0.938 bits per heavy atom. The van der Waals surface area contributed by atoms with Gasteiger partial charge in [-0.3, -0.25) is 5.41 Å². The predicted molar refractivity (Wildman–Crippen MR) is 121 cm³/mol. The molecule has 0 spiro atoms. The summed E-state index contributed by atoms with van der Waals surface area (Å²) in [5.41, 5.74) is -3.26. The molecule has 2 saturated heterocycles. The smallest absolute Gasteiger partial charge is 0.217 e. The lowest BCUT2D eigenvalue weighted by atomic mass is 9.51. The Balaban J connectivity index is 1.72. The fraction of sp³-hybridized carbons (Fsp3) is 0.846. The molecule has 6 nitrogen and oxygen atoms in total. The second-order valence-electron chi connectivity index (χ2n) is 10.0. The van der Waals surface area contributed by atoms with Gasteiger partial charge >= 0.3 is 0 Å². The third kappa shape index (κ3) is 3.80. The van der Waals surface area contributed by atoms with E-state index >= 15 is 0 Å². The summed E-state index contributed by atoms with van der Waals surface area (Å²) in [5.74, 6) is -1.31. The number of hydrogen-bond acceptors (Lipinski definition) is 6. The maximum Gasteiger partial charge on any atom is 0.217 e. The molecule has 3 fully saturated rings. The van der Waals surface area contributed by atoms with Gasteiger partial charge in [-0.1, -0.05) is 78.1 Å². The van der Waals surface area contributed by atoms with Crippen LogP contribution in [0.5, 0.6) is 0 Å². The van der Waals surface area contributed by atoms with Crippen molar-refractivity contribution in [2.75, 3.05) is 0 Å². The lowest BCUT2D eigenvalue weighted by Gasteiger charge is -2.52. The first-order chi connectivity index (χ1) is 15.5. The summed E-state index contributed by atoms with van der Waals surface area (Å²) in [7, 11) is 0. The van der Waals surface area contributed by atoms with Crippen LogP contribution in [0.25, 0.3) is 0 Å². The van der Waals surface area contributed by atoms with Crippen LogP contribution in [0.15, 0.2) is 0 Å². The zero-order valence-corrected chi connectivity index (χ0v) is 19.8. The number of nitriles is 3. The van der Waals surface area contributed by atoms with Crippen molar-refractivity contribution in [3.63, 3.8) is 0 Å². The first-order valence-electron chi connectivity index (χ1n) is 12.7. The minimum atomic E-state index is -1.71. The summed E-state index contributed by atoms with van der Waals surface area (Å²) < 4.78 is 12.5. The van der Waals surface area contributed by atoms with Crippen LogP contribution in [-0.4, -0.2) is 17.8 Å². The standard InChI is InChI=1S/C26H38N4O2/c1-3-5-6-7-8-9-10-11-12-13-22-24(17-27,18-28)25(19-29)21-16-20(4-2)14-15-26(21,31-22)32-23(25)30/h20-22,30H,3-16H2,1-2H3. The van der Waals surface area contributed by atoms with Crippen molar-refractivity contribution >= 4 is 5.90 Å². The Morgan fingerprint density at radius 2 is 1.56 bits per heavy atom. The van der Waals surface area contributed by atoms with Gasteiger partial charge < -0.3 is 9.47 Å².